The summed E-state index contributed by atoms with van der Waals surface area (Å²) in [6.45, 7) is 3.34. The van der Waals surface area contributed by atoms with Crippen LogP contribution < -0.4 is 0 Å². The minimum Gasteiger partial charge on any atom is -0.379 e. The van der Waals surface area contributed by atoms with Crippen LogP contribution in [0.1, 0.15) is 11.9 Å². The molecule has 2 rings (SSSR count). The van der Waals surface area contributed by atoms with Gasteiger partial charge in [0, 0.05) is 26.4 Å². The molecule has 0 bridgehead atoms. The third kappa shape index (κ3) is 2.53. The third-order valence-corrected chi connectivity index (χ3v) is 2.54. The van der Waals surface area contributed by atoms with E-state index < -0.39 is 0 Å². The predicted molar refractivity (Wildman–Crippen MR) is 56.4 cm³/mol. The van der Waals surface area contributed by atoms with Crippen molar-refractivity contribution in [3.8, 4) is 0 Å². The second kappa shape index (κ2) is 5.21. The molecule has 0 aliphatic carbocycles. The van der Waals surface area contributed by atoms with Crippen molar-refractivity contribution in [2.24, 2.45) is 0 Å². The molecule has 1 aromatic rings. The Kier molecular flexibility index (Phi) is 3.66. The quantitative estimate of drug-likeness (QED) is 0.744. The average molecular weight is 208 g/mol. The van der Waals surface area contributed by atoms with Gasteiger partial charge < -0.3 is 9.47 Å². The van der Waals surface area contributed by atoms with Gasteiger partial charge in [-0.3, -0.25) is 9.88 Å². The number of hydrogen-bond donors (Lipinski definition) is 0. The van der Waals surface area contributed by atoms with Crippen molar-refractivity contribution in [2.75, 3.05) is 33.4 Å². The van der Waals surface area contributed by atoms with Crippen molar-refractivity contribution < 1.29 is 9.47 Å². The summed E-state index contributed by atoms with van der Waals surface area (Å²) in [4.78, 5) is 6.56. The van der Waals surface area contributed by atoms with Gasteiger partial charge >= 0.3 is 0 Å². The maximum atomic E-state index is 5.48. The van der Waals surface area contributed by atoms with Gasteiger partial charge in [0.05, 0.1) is 18.9 Å². The largest absolute Gasteiger partial charge is 0.379 e. The first-order valence-electron chi connectivity index (χ1n) is 5.17. The van der Waals surface area contributed by atoms with Crippen LogP contribution >= 0.6 is 0 Å². The zero-order chi connectivity index (χ0) is 10.5. The van der Waals surface area contributed by atoms with Gasteiger partial charge in [0.1, 0.15) is 0 Å². The molecule has 1 unspecified atom stereocenters. The Morgan fingerprint density at radius 3 is 2.80 bits per heavy atom. The number of pyridine rings is 1. The number of aromatic nitrogens is 1. The Balaban J connectivity index is 2.09. The summed E-state index contributed by atoms with van der Waals surface area (Å²) < 4.78 is 10.8. The minimum atomic E-state index is -0.0462. The van der Waals surface area contributed by atoms with Crippen molar-refractivity contribution in [2.45, 2.75) is 6.23 Å². The van der Waals surface area contributed by atoms with Crippen LogP contribution in [0.3, 0.4) is 0 Å². The summed E-state index contributed by atoms with van der Waals surface area (Å²) in [5.74, 6) is 0. The van der Waals surface area contributed by atoms with Crippen LogP contribution in [-0.4, -0.2) is 43.3 Å². The second-order valence-corrected chi connectivity index (χ2v) is 3.49. The smallest absolute Gasteiger partial charge is 0.153 e. The molecule has 0 saturated carbocycles. The molecule has 1 aromatic heterocycles. The van der Waals surface area contributed by atoms with Gasteiger partial charge in [-0.05, 0) is 12.1 Å². The van der Waals surface area contributed by atoms with Crippen molar-refractivity contribution in [1.82, 2.24) is 9.88 Å². The first-order valence-corrected chi connectivity index (χ1v) is 5.17. The lowest BCUT2D eigenvalue weighted by Crippen LogP contribution is -2.40. The summed E-state index contributed by atoms with van der Waals surface area (Å²) in [5.41, 5.74) is 0.960. The molecular formula is C11H16N2O2. The monoisotopic (exact) mass is 208 g/mol. The summed E-state index contributed by atoms with van der Waals surface area (Å²) in [7, 11) is 1.72. The topological polar surface area (TPSA) is 34.6 Å². The van der Waals surface area contributed by atoms with Gasteiger partial charge in [-0.25, -0.2) is 0 Å². The highest BCUT2D eigenvalue weighted by molar-refractivity contribution is 5.06. The van der Waals surface area contributed by atoms with E-state index in [0.717, 1.165) is 32.0 Å². The van der Waals surface area contributed by atoms with Gasteiger partial charge in [-0.15, -0.1) is 0 Å². The Bertz CT molecular complexity index is 286. The second-order valence-electron chi connectivity index (χ2n) is 3.49. The van der Waals surface area contributed by atoms with Crippen LogP contribution in [0.2, 0.25) is 0 Å². The first kappa shape index (κ1) is 10.5. The molecule has 1 atom stereocenters. The van der Waals surface area contributed by atoms with Crippen LogP contribution in [0.15, 0.2) is 24.4 Å². The fraction of sp³-hybridized carbons (Fsp3) is 0.545. The van der Waals surface area contributed by atoms with E-state index in [1.54, 1.807) is 13.3 Å². The molecule has 0 spiro atoms. The number of hydrogen-bond acceptors (Lipinski definition) is 4. The molecule has 82 valence electrons. The van der Waals surface area contributed by atoms with Crippen molar-refractivity contribution in [3.05, 3.63) is 30.1 Å². The Labute approximate surface area is 89.8 Å². The summed E-state index contributed by atoms with van der Waals surface area (Å²) in [6, 6.07) is 5.88. The van der Waals surface area contributed by atoms with Crippen molar-refractivity contribution in [3.63, 3.8) is 0 Å². The van der Waals surface area contributed by atoms with E-state index in [1.165, 1.54) is 0 Å². The molecule has 2 heterocycles. The van der Waals surface area contributed by atoms with E-state index >= 15 is 0 Å². The highest BCUT2D eigenvalue weighted by atomic mass is 16.5. The number of ether oxygens (including phenoxy) is 2. The van der Waals surface area contributed by atoms with E-state index in [1.807, 2.05) is 18.2 Å². The number of nitrogens with zero attached hydrogens (tertiary/aromatic N) is 2. The maximum absolute atomic E-state index is 5.48. The normalized spacial score (nSPS) is 20.1. The van der Waals surface area contributed by atoms with Crippen molar-refractivity contribution in [1.29, 1.82) is 0 Å². The zero-order valence-corrected chi connectivity index (χ0v) is 8.93. The summed E-state index contributed by atoms with van der Waals surface area (Å²) >= 11 is 0. The molecule has 4 nitrogen and oxygen atoms in total. The Morgan fingerprint density at radius 1 is 1.40 bits per heavy atom. The Hall–Kier alpha value is -0.970. The van der Waals surface area contributed by atoms with E-state index in [4.69, 9.17) is 9.47 Å². The van der Waals surface area contributed by atoms with Gasteiger partial charge in [0.25, 0.3) is 0 Å². The lowest BCUT2D eigenvalue weighted by Gasteiger charge is -2.32. The van der Waals surface area contributed by atoms with E-state index in [-0.39, 0.29) is 6.23 Å². The molecule has 1 aliphatic heterocycles. The zero-order valence-electron chi connectivity index (χ0n) is 8.93. The van der Waals surface area contributed by atoms with Gasteiger partial charge in [-0.1, -0.05) is 6.07 Å². The SMILES string of the molecule is COC(c1ccccn1)N1CCOCC1. The predicted octanol–water partition coefficient (Wildman–Crippen LogP) is 1.06. The minimum absolute atomic E-state index is 0.0462. The maximum Gasteiger partial charge on any atom is 0.153 e. The molecule has 0 amide bonds. The molecule has 0 radical (unpaired) electrons. The molecule has 0 N–H and O–H groups in total. The molecule has 15 heavy (non-hydrogen) atoms. The van der Waals surface area contributed by atoms with E-state index in [0.29, 0.717) is 0 Å². The average Bonchev–Trinajstić information content (AvgIpc) is 2.33. The number of methoxy groups -OCH3 is 1. The lowest BCUT2D eigenvalue weighted by molar-refractivity contribution is -0.0830. The lowest BCUT2D eigenvalue weighted by atomic mass is 10.2. The van der Waals surface area contributed by atoms with E-state index in [2.05, 4.69) is 9.88 Å². The molecule has 1 saturated heterocycles. The molecule has 1 fully saturated rings. The van der Waals surface area contributed by atoms with Crippen LogP contribution in [-0.2, 0) is 9.47 Å². The van der Waals surface area contributed by atoms with Gasteiger partial charge in [-0.2, -0.15) is 0 Å². The van der Waals surface area contributed by atoms with Crippen LogP contribution in [0.4, 0.5) is 0 Å². The highest BCUT2D eigenvalue weighted by Crippen LogP contribution is 2.19. The van der Waals surface area contributed by atoms with Gasteiger partial charge in [0.2, 0.25) is 0 Å². The van der Waals surface area contributed by atoms with Crippen LogP contribution in [0, 0.1) is 0 Å². The third-order valence-electron chi connectivity index (χ3n) is 2.54. The fourth-order valence-corrected chi connectivity index (χ4v) is 1.79. The molecule has 1 aliphatic rings. The van der Waals surface area contributed by atoms with Crippen LogP contribution in [0.5, 0.6) is 0 Å². The summed E-state index contributed by atoms with van der Waals surface area (Å²) in [6.07, 6.45) is 1.75. The fourth-order valence-electron chi connectivity index (χ4n) is 1.79. The Morgan fingerprint density at radius 2 is 2.20 bits per heavy atom. The van der Waals surface area contributed by atoms with Crippen molar-refractivity contribution >= 4 is 0 Å². The molecular weight excluding hydrogens is 192 g/mol. The highest BCUT2D eigenvalue weighted by Gasteiger charge is 2.22. The van der Waals surface area contributed by atoms with Crippen LogP contribution in [0.25, 0.3) is 0 Å². The number of morpholine rings is 1. The number of rotatable bonds is 3. The standard InChI is InChI=1S/C11H16N2O2/c1-14-11(10-4-2-3-5-12-10)13-6-8-15-9-7-13/h2-5,11H,6-9H2,1H3. The molecule has 4 heteroatoms. The first-order chi connectivity index (χ1) is 7.42. The van der Waals surface area contributed by atoms with Gasteiger partial charge in [0.15, 0.2) is 6.23 Å². The van der Waals surface area contributed by atoms with E-state index in [9.17, 15) is 0 Å². The molecule has 0 aromatic carbocycles. The summed E-state index contributed by atoms with van der Waals surface area (Å²) in [5, 5.41) is 0.